The molecule has 0 unspecified atom stereocenters. The number of nitrogens with one attached hydrogen (secondary N) is 1. The van der Waals surface area contributed by atoms with E-state index < -0.39 is 22.1 Å². The third-order valence-corrected chi connectivity index (χ3v) is 3.85. The van der Waals surface area contributed by atoms with Crippen LogP contribution in [-0.4, -0.2) is 41.3 Å². The second-order valence-electron chi connectivity index (χ2n) is 4.90. The van der Waals surface area contributed by atoms with Crippen LogP contribution in [0.3, 0.4) is 0 Å². The first-order chi connectivity index (χ1) is 9.99. The van der Waals surface area contributed by atoms with E-state index in [0.717, 1.165) is 0 Å². The fraction of sp³-hybridized carbons (Fsp3) is 0.462. The molecule has 21 heavy (non-hydrogen) atoms. The lowest BCUT2D eigenvalue weighted by Crippen LogP contribution is -2.54. The molecule has 0 aromatic heterocycles. The molecule has 1 aliphatic heterocycles. The summed E-state index contributed by atoms with van der Waals surface area (Å²) in [7, 11) is 0. The van der Waals surface area contributed by atoms with Gasteiger partial charge in [-0.25, -0.2) is 0 Å². The maximum Gasteiger partial charge on any atom is 0.300 e. The summed E-state index contributed by atoms with van der Waals surface area (Å²) in [6.07, 6.45) is 0.896. The molecule has 0 radical (unpaired) electrons. The number of halogens is 1. The third kappa shape index (κ3) is 3.31. The van der Waals surface area contributed by atoms with Crippen LogP contribution in [0.25, 0.3) is 0 Å². The standard InChI is InChI=1S/C13H15ClN2O5/c14-10-3-1-2-9(11(10)16(19)20)12(18)15-13(8-17)4-6-21-7-5-13/h1-3,17H,4-8H2,(H,15,18). The van der Waals surface area contributed by atoms with Crippen LogP contribution >= 0.6 is 11.6 Å². The normalized spacial score (nSPS) is 17.2. The number of nitro groups is 1. The zero-order valence-electron chi connectivity index (χ0n) is 11.2. The molecule has 1 fully saturated rings. The summed E-state index contributed by atoms with van der Waals surface area (Å²) in [5.41, 5.74) is -1.37. The maximum absolute atomic E-state index is 12.3. The van der Waals surface area contributed by atoms with Gasteiger partial charge in [0.2, 0.25) is 0 Å². The summed E-state index contributed by atoms with van der Waals surface area (Å²) in [5.74, 6) is -0.625. The van der Waals surface area contributed by atoms with Crippen molar-refractivity contribution in [1.82, 2.24) is 5.32 Å². The van der Waals surface area contributed by atoms with Gasteiger partial charge in [-0.3, -0.25) is 14.9 Å². The van der Waals surface area contributed by atoms with Crippen LogP contribution in [0, 0.1) is 10.1 Å². The number of aliphatic hydroxyl groups is 1. The highest BCUT2D eigenvalue weighted by molar-refractivity contribution is 6.33. The van der Waals surface area contributed by atoms with E-state index in [-0.39, 0.29) is 17.2 Å². The fourth-order valence-electron chi connectivity index (χ4n) is 2.28. The molecule has 1 heterocycles. The number of nitro benzene ring substituents is 1. The number of carbonyl (C=O) groups excluding carboxylic acids is 1. The lowest BCUT2D eigenvalue weighted by atomic mass is 9.90. The Labute approximate surface area is 126 Å². The SMILES string of the molecule is O=C(NC1(CO)CCOCC1)c1cccc(Cl)c1[N+](=O)[O-]. The van der Waals surface area contributed by atoms with Crippen LogP contribution in [0.5, 0.6) is 0 Å². The average molecular weight is 315 g/mol. The number of para-hydroxylation sites is 1. The van der Waals surface area contributed by atoms with Crippen LogP contribution in [0.1, 0.15) is 23.2 Å². The topological polar surface area (TPSA) is 102 Å². The van der Waals surface area contributed by atoms with Crippen molar-refractivity contribution < 1.29 is 19.6 Å². The first-order valence-corrected chi connectivity index (χ1v) is 6.81. The van der Waals surface area contributed by atoms with Crippen LogP contribution in [0.4, 0.5) is 5.69 Å². The van der Waals surface area contributed by atoms with Crippen molar-refractivity contribution in [2.24, 2.45) is 0 Å². The zero-order valence-corrected chi connectivity index (χ0v) is 11.9. The van der Waals surface area contributed by atoms with Gasteiger partial charge in [0.15, 0.2) is 0 Å². The van der Waals surface area contributed by atoms with Crippen LogP contribution in [-0.2, 0) is 4.74 Å². The van der Waals surface area contributed by atoms with Gasteiger partial charge in [-0.1, -0.05) is 17.7 Å². The molecule has 1 aromatic carbocycles. The van der Waals surface area contributed by atoms with Gasteiger partial charge in [-0.05, 0) is 25.0 Å². The van der Waals surface area contributed by atoms with E-state index in [1.807, 2.05) is 0 Å². The predicted octanol–water partition coefficient (Wildman–Crippen LogP) is 1.52. The number of carbonyl (C=O) groups is 1. The van der Waals surface area contributed by atoms with Crippen molar-refractivity contribution >= 4 is 23.2 Å². The smallest absolute Gasteiger partial charge is 0.300 e. The van der Waals surface area contributed by atoms with Crippen molar-refractivity contribution in [2.45, 2.75) is 18.4 Å². The lowest BCUT2D eigenvalue weighted by molar-refractivity contribution is -0.385. The summed E-state index contributed by atoms with van der Waals surface area (Å²) < 4.78 is 5.20. The minimum Gasteiger partial charge on any atom is -0.394 e. The van der Waals surface area contributed by atoms with Gasteiger partial charge in [0.1, 0.15) is 10.6 Å². The summed E-state index contributed by atoms with van der Waals surface area (Å²) in [6.45, 7) is 0.577. The van der Waals surface area contributed by atoms with Crippen molar-refractivity contribution in [3.8, 4) is 0 Å². The predicted molar refractivity (Wildman–Crippen MR) is 75.4 cm³/mol. The van der Waals surface area contributed by atoms with Gasteiger partial charge >= 0.3 is 5.69 Å². The molecule has 8 heteroatoms. The first kappa shape index (κ1) is 15.7. The first-order valence-electron chi connectivity index (χ1n) is 6.43. The molecular formula is C13H15ClN2O5. The molecular weight excluding hydrogens is 300 g/mol. The molecule has 2 rings (SSSR count). The molecule has 1 amide bonds. The fourth-order valence-corrected chi connectivity index (χ4v) is 2.52. The highest BCUT2D eigenvalue weighted by Gasteiger charge is 2.35. The third-order valence-electron chi connectivity index (χ3n) is 3.55. The van der Waals surface area contributed by atoms with E-state index in [1.165, 1.54) is 18.2 Å². The Balaban J connectivity index is 2.28. The number of hydrogen-bond donors (Lipinski definition) is 2. The van der Waals surface area contributed by atoms with Crippen molar-refractivity contribution in [3.63, 3.8) is 0 Å². The quantitative estimate of drug-likeness (QED) is 0.648. The van der Waals surface area contributed by atoms with E-state index in [9.17, 15) is 20.0 Å². The highest BCUT2D eigenvalue weighted by atomic mass is 35.5. The van der Waals surface area contributed by atoms with E-state index in [1.54, 1.807) is 0 Å². The molecule has 0 saturated carbocycles. The minimum atomic E-state index is -0.814. The summed E-state index contributed by atoms with van der Waals surface area (Å²) in [4.78, 5) is 22.7. The molecule has 0 aliphatic carbocycles. The monoisotopic (exact) mass is 314 g/mol. The molecule has 1 aliphatic rings. The second-order valence-corrected chi connectivity index (χ2v) is 5.31. The highest BCUT2D eigenvalue weighted by Crippen LogP contribution is 2.29. The Bertz CT molecular complexity index is 557. The Morgan fingerprint density at radius 2 is 2.14 bits per heavy atom. The summed E-state index contributed by atoms with van der Waals surface area (Å²) in [6, 6.07) is 4.16. The van der Waals surface area contributed by atoms with Gasteiger partial charge in [0, 0.05) is 13.2 Å². The van der Waals surface area contributed by atoms with Crippen LogP contribution < -0.4 is 5.32 Å². The molecule has 1 saturated heterocycles. The molecule has 0 bridgehead atoms. The molecule has 1 aromatic rings. The largest absolute Gasteiger partial charge is 0.394 e. The number of amides is 1. The van der Waals surface area contributed by atoms with Crippen molar-refractivity contribution in [3.05, 3.63) is 38.9 Å². The Hall–Kier alpha value is -1.70. The van der Waals surface area contributed by atoms with Crippen molar-refractivity contribution in [2.75, 3.05) is 19.8 Å². The van der Waals surface area contributed by atoms with Gasteiger partial charge in [0.05, 0.1) is 17.1 Å². The summed E-state index contributed by atoms with van der Waals surface area (Å²) >= 11 is 5.79. The van der Waals surface area contributed by atoms with E-state index in [2.05, 4.69) is 5.32 Å². The minimum absolute atomic E-state index is 0.0994. The zero-order chi connectivity index (χ0) is 15.5. The molecule has 7 nitrogen and oxygen atoms in total. The summed E-state index contributed by atoms with van der Waals surface area (Å²) in [5, 5.41) is 23.2. The van der Waals surface area contributed by atoms with Gasteiger partial charge in [0.25, 0.3) is 5.91 Å². The molecule has 2 N–H and O–H groups in total. The molecule has 0 spiro atoms. The second kappa shape index (κ2) is 6.38. The Morgan fingerprint density at radius 1 is 1.48 bits per heavy atom. The van der Waals surface area contributed by atoms with Crippen LogP contribution in [0.15, 0.2) is 18.2 Å². The van der Waals surface area contributed by atoms with E-state index >= 15 is 0 Å². The maximum atomic E-state index is 12.3. The number of hydrogen-bond acceptors (Lipinski definition) is 5. The number of nitrogens with zero attached hydrogens (tertiary/aromatic N) is 1. The van der Waals surface area contributed by atoms with Gasteiger partial charge < -0.3 is 15.2 Å². The van der Waals surface area contributed by atoms with Crippen molar-refractivity contribution in [1.29, 1.82) is 0 Å². The molecule has 114 valence electrons. The lowest BCUT2D eigenvalue weighted by Gasteiger charge is -2.36. The number of aliphatic hydroxyl groups excluding tert-OH is 1. The van der Waals surface area contributed by atoms with Gasteiger partial charge in [-0.15, -0.1) is 0 Å². The van der Waals surface area contributed by atoms with Gasteiger partial charge in [-0.2, -0.15) is 0 Å². The van der Waals surface area contributed by atoms with E-state index in [0.29, 0.717) is 26.1 Å². The Kier molecular flexibility index (Phi) is 4.76. The van der Waals surface area contributed by atoms with Crippen LogP contribution in [0.2, 0.25) is 5.02 Å². The number of benzene rings is 1. The number of ether oxygens (including phenoxy) is 1. The average Bonchev–Trinajstić information content (AvgIpc) is 2.47. The number of rotatable bonds is 4. The van der Waals surface area contributed by atoms with E-state index in [4.69, 9.17) is 16.3 Å². The molecule has 0 atom stereocenters. The Morgan fingerprint density at radius 3 is 2.71 bits per heavy atom.